The molecule has 0 saturated carbocycles. The summed E-state index contributed by atoms with van der Waals surface area (Å²) in [5, 5.41) is 3.72. The molecule has 0 bridgehead atoms. The van der Waals surface area contributed by atoms with Gasteiger partial charge in [-0.3, -0.25) is 0 Å². The molecule has 0 aliphatic carbocycles. The number of piperazine rings is 1. The third-order valence-corrected chi connectivity index (χ3v) is 5.05. The molecule has 2 aliphatic heterocycles. The Morgan fingerprint density at radius 3 is 2.43 bits per heavy atom. The molecule has 156 valence electrons. The Labute approximate surface area is 171 Å². The third-order valence-electron chi connectivity index (χ3n) is 4.89. The average Bonchev–Trinajstić information content (AvgIpc) is 2.64. The van der Waals surface area contributed by atoms with Crippen LogP contribution in [0.2, 0.25) is 5.28 Å². The van der Waals surface area contributed by atoms with Gasteiger partial charge in [0.25, 0.3) is 0 Å². The first kappa shape index (κ1) is 20.9. The van der Waals surface area contributed by atoms with Crippen LogP contribution >= 0.6 is 11.6 Å². The predicted molar refractivity (Wildman–Crippen MR) is 109 cm³/mol. The van der Waals surface area contributed by atoms with Gasteiger partial charge in [0.15, 0.2) is 0 Å². The largest absolute Gasteiger partial charge is 0.444 e. The molecule has 0 spiro atoms. The van der Waals surface area contributed by atoms with Crippen LogP contribution < -0.4 is 10.2 Å². The molecule has 0 radical (unpaired) electrons. The number of ether oxygens (including phenoxy) is 2. The molecule has 2 saturated heterocycles. The summed E-state index contributed by atoms with van der Waals surface area (Å²) in [7, 11) is 0. The highest BCUT2D eigenvalue weighted by Gasteiger charge is 2.28. The highest BCUT2D eigenvalue weighted by atomic mass is 35.5. The van der Waals surface area contributed by atoms with E-state index in [1.54, 1.807) is 4.90 Å². The molecule has 3 rings (SSSR count). The van der Waals surface area contributed by atoms with Crippen LogP contribution in [0.15, 0.2) is 0 Å². The van der Waals surface area contributed by atoms with Crippen LogP contribution in [0, 0.1) is 6.92 Å². The van der Waals surface area contributed by atoms with Crippen LogP contribution in [-0.2, 0) is 9.47 Å². The Bertz CT molecular complexity index is 696. The van der Waals surface area contributed by atoms with Crippen molar-refractivity contribution in [3.05, 3.63) is 10.8 Å². The van der Waals surface area contributed by atoms with Gasteiger partial charge in [0.2, 0.25) is 5.28 Å². The highest BCUT2D eigenvalue weighted by molar-refractivity contribution is 6.28. The predicted octanol–water partition coefficient (Wildman–Crippen LogP) is 3.09. The molecular weight excluding hydrogens is 382 g/mol. The minimum Gasteiger partial charge on any atom is -0.444 e. The van der Waals surface area contributed by atoms with Crippen molar-refractivity contribution >= 4 is 29.3 Å². The summed E-state index contributed by atoms with van der Waals surface area (Å²) in [5.74, 6) is 1.59. The molecule has 1 amide bonds. The van der Waals surface area contributed by atoms with Crippen LogP contribution in [0.25, 0.3) is 0 Å². The number of aromatic nitrogens is 2. The lowest BCUT2D eigenvalue weighted by Crippen LogP contribution is -2.50. The molecule has 2 aliphatic rings. The van der Waals surface area contributed by atoms with Crippen LogP contribution in [0.3, 0.4) is 0 Å². The highest BCUT2D eigenvalue weighted by Crippen LogP contribution is 2.28. The standard InChI is InChI=1S/C19H30ClN5O3/c1-13-15(21-14-5-11-27-12-6-14)22-17(20)23-16(13)24-7-9-25(10-8-24)18(26)28-19(2,3)4/h14H,5-12H2,1-4H3,(H,21,22,23). The summed E-state index contributed by atoms with van der Waals surface area (Å²) in [6, 6.07) is 0.329. The summed E-state index contributed by atoms with van der Waals surface area (Å²) < 4.78 is 10.9. The number of anilines is 2. The molecule has 1 N–H and O–H groups in total. The molecule has 28 heavy (non-hydrogen) atoms. The first-order valence-electron chi connectivity index (χ1n) is 9.84. The monoisotopic (exact) mass is 411 g/mol. The first-order valence-corrected chi connectivity index (χ1v) is 10.2. The molecule has 8 nitrogen and oxygen atoms in total. The second-order valence-electron chi connectivity index (χ2n) is 8.28. The first-order chi connectivity index (χ1) is 13.2. The van der Waals surface area contributed by atoms with Gasteiger partial charge in [-0.1, -0.05) is 0 Å². The molecule has 3 heterocycles. The van der Waals surface area contributed by atoms with Crippen molar-refractivity contribution < 1.29 is 14.3 Å². The summed E-state index contributed by atoms with van der Waals surface area (Å²) in [6.07, 6.45) is 1.63. The average molecular weight is 412 g/mol. The Balaban J connectivity index is 1.66. The zero-order valence-electron chi connectivity index (χ0n) is 17.1. The number of nitrogens with one attached hydrogen (secondary N) is 1. The van der Waals surface area contributed by atoms with Crippen molar-refractivity contribution in [3.8, 4) is 0 Å². The van der Waals surface area contributed by atoms with Crippen LogP contribution in [0.4, 0.5) is 16.4 Å². The summed E-state index contributed by atoms with van der Waals surface area (Å²) in [6.45, 7) is 11.7. The second kappa shape index (κ2) is 8.69. The van der Waals surface area contributed by atoms with E-state index in [1.165, 1.54) is 0 Å². The minimum atomic E-state index is -0.490. The number of amides is 1. The number of hydrogen-bond acceptors (Lipinski definition) is 7. The Hall–Kier alpha value is -1.80. The van der Waals surface area contributed by atoms with E-state index in [2.05, 4.69) is 20.2 Å². The van der Waals surface area contributed by atoms with Crippen molar-refractivity contribution in [2.75, 3.05) is 49.6 Å². The van der Waals surface area contributed by atoms with E-state index >= 15 is 0 Å². The molecule has 1 aromatic heterocycles. The van der Waals surface area contributed by atoms with Crippen molar-refractivity contribution in [2.45, 2.75) is 52.2 Å². The van der Waals surface area contributed by atoms with Crippen molar-refractivity contribution in [2.24, 2.45) is 0 Å². The van der Waals surface area contributed by atoms with Gasteiger partial charge in [-0.05, 0) is 52.1 Å². The van der Waals surface area contributed by atoms with Gasteiger partial charge in [-0.2, -0.15) is 0 Å². The van der Waals surface area contributed by atoms with Gasteiger partial charge in [-0.25, -0.2) is 14.8 Å². The fraction of sp³-hybridized carbons (Fsp3) is 0.737. The van der Waals surface area contributed by atoms with E-state index in [-0.39, 0.29) is 11.4 Å². The lowest BCUT2D eigenvalue weighted by atomic mass is 10.1. The number of nitrogens with zero attached hydrogens (tertiary/aromatic N) is 4. The van der Waals surface area contributed by atoms with Gasteiger partial charge in [-0.15, -0.1) is 0 Å². The minimum absolute atomic E-state index is 0.227. The van der Waals surface area contributed by atoms with Crippen LogP contribution in [-0.4, -0.2) is 72.0 Å². The van der Waals surface area contributed by atoms with E-state index in [1.807, 2.05) is 27.7 Å². The fourth-order valence-corrected chi connectivity index (χ4v) is 3.55. The summed E-state index contributed by atoms with van der Waals surface area (Å²) in [5.41, 5.74) is 0.483. The van der Waals surface area contributed by atoms with E-state index < -0.39 is 5.60 Å². The maximum atomic E-state index is 12.3. The van der Waals surface area contributed by atoms with Gasteiger partial charge in [0, 0.05) is 51.0 Å². The number of rotatable bonds is 3. The maximum Gasteiger partial charge on any atom is 0.410 e. The zero-order chi connectivity index (χ0) is 20.3. The maximum absolute atomic E-state index is 12.3. The second-order valence-corrected chi connectivity index (χ2v) is 8.61. The smallest absolute Gasteiger partial charge is 0.410 e. The normalized spacial score (nSPS) is 18.9. The van der Waals surface area contributed by atoms with Crippen LogP contribution in [0.5, 0.6) is 0 Å². The van der Waals surface area contributed by atoms with Crippen LogP contribution in [0.1, 0.15) is 39.2 Å². The van der Waals surface area contributed by atoms with Crippen molar-refractivity contribution in [1.29, 1.82) is 0 Å². The van der Waals surface area contributed by atoms with E-state index in [0.717, 1.165) is 43.3 Å². The van der Waals surface area contributed by atoms with Gasteiger partial charge < -0.3 is 24.6 Å². The SMILES string of the molecule is Cc1c(NC2CCOCC2)nc(Cl)nc1N1CCN(C(=O)OC(C)(C)C)CC1. The quantitative estimate of drug-likeness (QED) is 0.765. The topological polar surface area (TPSA) is 79.8 Å². The third kappa shape index (κ3) is 5.38. The van der Waals surface area contributed by atoms with E-state index in [0.29, 0.717) is 32.2 Å². The molecule has 0 aromatic carbocycles. The van der Waals surface area contributed by atoms with Gasteiger partial charge in [0.05, 0.1) is 0 Å². The van der Waals surface area contributed by atoms with E-state index in [9.17, 15) is 4.79 Å². The summed E-state index contributed by atoms with van der Waals surface area (Å²) >= 11 is 6.21. The molecule has 0 unspecified atom stereocenters. The Kier molecular flexibility index (Phi) is 6.50. The lowest BCUT2D eigenvalue weighted by Gasteiger charge is -2.37. The Morgan fingerprint density at radius 2 is 1.82 bits per heavy atom. The lowest BCUT2D eigenvalue weighted by molar-refractivity contribution is 0.0240. The molecule has 2 fully saturated rings. The molecular formula is C19H30ClN5O3. The zero-order valence-corrected chi connectivity index (χ0v) is 17.9. The fourth-order valence-electron chi connectivity index (χ4n) is 3.39. The number of halogens is 1. The summed E-state index contributed by atoms with van der Waals surface area (Å²) in [4.78, 5) is 25.0. The number of hydrogen-bond donors (Lipinski definition) is 1. The molecule has 0 atom stereocenters. The van der Waals surface area contributed by atoms with Crippen molar-refractivity contribution in [3.63, 3.8) is 0 Å². The van der Waals surface area contributed by atoms with Gasteiger partial charge in [0.1, 0.15) is 17.2 Å². The van der Waals surface area contributed by atoms with E-state index in [4.69, 9.17) is 21.1 Å². The molecule has 9 heteroatoms. The van der Waals surface area contributed by atoms with Gasteiger partial charge >= 0.3 is 6.09 Å². The number of carbonyl (C=O) groups is 1. The Morgan fingerprint density at radius 1 is 1.18 bits per heavy atom. The van der Waals surface area contributed by atoms with Crippen molar-refractivity contribution in [1.82, 2.24) is 14.9 Å². The molecule has 1 aromatic rings. The number of carbonyl (C=O) groups excluding carboxylic acids is 1.